The molecule has 2 aromatic carbocycles. The van der Waals surface area contributed by atoms with E-state index in [4.69, 9.17) is 4.74 Å². The normalized spacial score (nSPS) is 19.4. The standard InChI is InChI=1S/C19H21F2N3O/c1-22-19(24-17-12-15(17)13-5-3-2-4-6-13)23-9-10-25-18-8-7-14(20)11-16(18)21/h2-8,11,15,17H,9-10,12H2,1H3,(H2,22,23,24). The summed E-state index contributed by atoms with van der Waals surface area (Å²) in [7, 11) is 1.70. The van der Waals surface area contributed by atoms with Gasteiger partial charge in [0.2, 0.25) is 0 Å². The molecule has 25 heavy (non-hydrogen) atoms. The summed E-state index contributed by atoms with van der Waals surface area (Å²) in [4.78, 5) is 4.19. The minimum atomic E-state index is -0.703. The Labute approximate surface area is 145 Å². The molecule has 0 spiro atoms. The molecule has 0 saturated heterocycles. The van der Waals surface area contributed by atoms with E-state index >= 15 is 0 Å². The van der Waals surface area contributed by atoms with Crippen LogP contribution in [0.4, 0.5) is 8.78 Å². The van der Waals surface area contributed by atoms with Gasteiger partial charge >= 0.3 is 0 Å². The highest BCUT2D eigenvalue weighted by Crippen LogP contribution is 2.40. The Balaban J connectivity index is 1.40. The summed E-state index contributed by atoms with van der Waals surface area (Å²) in [5, 5.41) is 6.50. The molecule has 2 unspecified atom stereocenters. The molecule has 2 atom stereocenters. The highest BCUT2D eigenvalue weighted by Gasteiger charge is 2.38. The van der Waals surface area contributed by atoms with E-state index in [9.17, 15) is 8.78 Å². The van der Waals surface area contributed by atoms with Crippen LogP contribution in [0.15, 0.2) is 53.5 Å². The third-order valence-corrected chi connectivity index (χ3v) is 4.11. The first kappa shape index (κ1) is 17.2. The Morgan fingerprint density at radius 2 is 2.00 bits per heavy atom. The predicted molar refractivity (Wildman–Crippen MR) is 93.9 cm³/mol. The minimum Gasteiger partial charge on any atom is -0.489 e. The molecule has 2 aromatic rings. The largest absolute Gasteiger partial charge is 0.489 e. The fourth-order valence-corrected chi connectivity index (χ4v) is 2.72. The van der Waals surface area contributed by atoms with Gasteiger partial charge in [0.1, 0.15) is 12.4 Å². The van der Waals surface area contributed by atoms with E-state index in [1.165, 1.54) is 17.7 Å². The molecule has 132 valence electrons. The average Bonchev–Trinajstić information content (AvgIpc) is 3.39. The number of aliphatic imine (C=N–C) groups is 1. The highest BCUT2D eigenvalue weighted by atomic mass is 19.1. The minimum absolute atomic E-state index is 0.0393. The van der Waals surface area contributed by atoms with E-state index in [2.05, 4.69) is 27.8 Å². The molecule has 0 aliphatic heterocycles. The predicted octanol–water partition coefficient (Wildman–Crippen LogP) is 3.06. The number of nitrogens with zero attached hydrogens (tertiary/aromatic N) is 1. The van der Waals surface area contributed by atoms with Crippen molar-refractivity contribution in [2.75, 3.05) is 20.2 Å². The molecule has 4 nitrogen and oxygen atoms in total. The molecule has 1 aliphatic carbocycles. The zero-order valence-electron chi connectivity index (χ0n) is 14.0. The van der Waals surface area contributed by atoms with Crippen LogP contribution < -0.4 is 15.4 Å². The summed E-state index contributed by atoms with van der Waals surface area (Å²) >= 11 is 0. The molecule has 1 aliphatic rings. The summed E-state index contributed by atoms with van der Waals surface area (Å²) in [5.74, 6) is -0.0930. The first-order valence-electron chi connectivity index (χ1n) is 8.27. The number of hydrogen-bond acceptors (Lipinski definition) is 2. The maximum atomic E-state index is 13.5. The Bertz CT molecular complexity index is 737. The SMILES string of the molecule is CN=C(NCCOc1ccc(F)cc1F)NC1CC1c1ccccc1. The van der Waals surface area contributed by atoms with E-state index in [0.717, 1.165) is 12.5 Å². The molecule has 1 saturated carbocycles. The molecular formula is C19H21F2N3O. The number of benzene rings is 2. The Morgan fingerprint density at radius 3 is 2.72 bits per heavy atom. The number of halogens is 2. The van der Waals surface area contributed by atoms with Crippen molar-refractivity contribution in [3.63, 3.8) is 0 Å². The van der Waals surface area contributed by atoms with Crippen LogP contribution in [0.25, 0.3) is 0 Å². The lowest BCUT2D eigenvalue weighted by molar-refractivity contribution is 0.304. The maximum Gasteiger partial charge on any atom is 0.191 e. The quantitative estimate of drug-likeness (QED) is 0.480. The van der Waals surface area contributed by atoms with Crippen molar-refractivity contribution in [2.24, 2.45) is 4.99 Å². The summed E-state index contributed by atoms with van der Waals surface area (Å²) < 4.78 is 31.6. The Hall–Kier alpha value is -2.63. The van der Waals surface area contributed by atoms with Gasteiger partial charge in [0, 0.05) is 25.1 Å². The molecule has 1 fully saturated rings. The molecule has 2 N–H and O–H groups in total. The molecule has 0 bridgehead atoms. The van der Waals surface area contributed by atoms with Gasteiger partial charge in [-0.1, -0.05) is 30.3 Å². The van der Waals surface area contributed by atoms with Gasteiger partial charge in [-0.3, -0.25) is 4.99 Å². The second kappa shape index (κ2) is 7.96. The van der Waals surface area contributed by atoms with Crippen LogP contribution in [0.1, 0.15) is 17.9 Å². The third kappa shape index (κ3) is 4.68. The lowest BCUT2D eigenvalue weighted by atomic mass is 10.1. The van der Waals surface area contributed by atoms with Gasteiger partial charge in [0.15, 0.2) is 17.5 Å². The first-order valence-corrected chi connectivity index (χ1v) is 8.27. The van der Waals surface area contributed by atoms with Gasteiger partial charge in [-0.25, -0.2) is 8.78 Å². The second-order valence-electron chi connectivity index (χ2n) is 5.93. The van der Waals surface area contributed by atoms with Crippen LogP contribution in [0.3, 0.4) is 0 Å². The molecule has 0 heterocycles. The molecule has 6 heteroatoms. The van der Waals surface area contributed by atoms with Crippen LogP contribution >= 0.6 is 0 Å². The van der Waals surface area contributed by atoms with Gasteiger partial charge in [0.25, 0.3) is 0 Å². The highest BCUT2D eigenvalue weighted by molar-refractivity contribution is 5.80. The van der Waals surface area contributed by atoms with Crippen LogP contribution in [-0.2, 0) is 0 Å². The van der Waals surface area contributed by atoms with Crippen LogP contribution in [0.5, 0.6) is 5.75 Å². The van der Waals surface area contributed by atoms with Crippen LogP contribution in [-0.4, -0.2) is 32.2 Å². The summed E-state index contributed by atoms with van der Waals surface area (Å²) in [6, 6.07) is 14.0. The van der Waals surface area contributed by atoms with E-state index in [1.54, 1.807) is 7.05 Å². The zero-order valence-corrected chi connectivity index (χ0v) is 14.0. The number of nitrogens with one attached hydrogen (secondary N) is 2. The van der Waals surface area contributed by atoms with E-state index in [0.29, 0.717) is 24.5 Å². The average molecular weight is 345 g/mol. The Morgan fingerprint density at radius 1 is 1.20 bits per heavy atom. The molecule has 0 amide bonds. The number of guanidine groups is 1. The van der Waals surface area contributed by atoms with Crippen molar-refractivity contribution >= 4 is 5.96 Å². The zero-order chi connectivity index (χ0) is 17.6. The molecule has 0 radical (unpaired) electrons. The van der Waals surface area contributed by atoms with Crippen molar-refractivity contribution in [1.29, 1.82) is 0 Å². The van der Waals surface area contributed by atoms with E-state index in [1.807, 2.05) is 18.2 Å². The maximum absolute atomic E-state index is 13.5. The summed E-state index contributed by atoms with van der Waals surface area (Å²) in [6.45, 7) is 0.704. The van der Waals surface area contributed by atoms with Crippen molar-refractivity contribution < 1.29 is 13.5 Å². The Kier molecular flexibility index (Phi) is 5.48. The van der Waals surface area contributed by atoms with Crippen LogP contribution in [0.2, 0.25) is 0 Å². The van der Waals surface area contributed by atoms with Gasteiger partial charge in [-0.2, -0.15) is 0 Å². The van der Waals surface area contributed by atoms with Gasteiger partial charge in [-0.15, -0.1) is 0 Å². The fourth-order valence-electron chi connectivity index (χ4n) is 2.72. The van der Waals surface area contributed by atoms with Gasteiger partial charge in [0.05, 0.1) is 6.54 Å². The van der Waals surface area contributed by atoms with Crippen molar-refractivity contribution in [3.05, 3.63) is 65.7 Å². The lowest BCUT2D eigenvalue weighted by Crippen LogP contribution is -2.40. The lowest BCUT2D eigenvalue weighted by Gasteiger charge is -2.13. The monoisotopic (exact) mass is 345 g/mol. The second-order valence-corrected chi connectivity index (χ2v) is 5.93. The number of hydrogen-bond donors (Lipinski definition) is 2. The fraction of sp³-hybridized carbons (Fsp3) is 0.316. The van der Waals surface area contributed by atoms with E-state index in [-0.39, 0.29) is 12.4 Å². The van der Waals surface area contributed by atoms with Gasteiger partial charge < -0.3 is 15.4 Å². The van der Waals surface area contributed by atoms with Crippen LogP contribution in [0, 0.1) is 11.6 Å². The summed E-state index contributed by atoms with van der Waals surface area (Å²) in [6.07, 6.45) is 1.07. The first-order chi connectivity index (χ1) is 12.2. The number of ether oxygens (including phenoxy) is 1. The van der Waals surface area contributed by atoms with Crippen molar-refractivity contribution in [3.8, 4) is 5.75 Å². The van der Waals surface area contributed by atoms with Gasteiger partial charge in [-0.05, 0) is 24.1 Å². The molecule has 0 aromatic heterocycles. The van der Waals surface area contributed by atoms with Crippen molar-refractivity contribution in [2.45, 2.75) is 18.4 Å². The third-order valence-electron chi connectivity index (χ3n) is 4.11. The van der Waals surface area contributed by atoms with E-state index < -0.39 is 11.6 Å². The molecular weight excluding hydrogens is 324 g/mol. The topological polar surface area (TPSA) is 45.7 Å². The summed E-state index contributed by atoms with van der Waals surface area (Å²) in [5.41, 5.74) is 1.32. The smallest absolute Gasteiger partial charge is 0.191 e. The molecule has 3 rings (SSSR count). The number of rotatable bonds is 6. The van der Waals surface area contributed by atoms with Crippen molar-refractivity contribution in [1.82, 2.24) is 10.6 Å².